The molecule has 2 aromatic rings. The number of nitriles is 1. The van der Waals surface area contributed by atoms with Gasteiger partial charge in [0.2, 0.25) is 11.7 Å². The van der Waals surface area contributed by atoms with Gasteiger partial charge >= 0.3 is 0 Å². The summed E-state index contributed by atoms with van der Waals surface area (Å²) < 4.78 is 23.4. The smallest absolute Gasteiger partial charge is 0.254 e. The fourth-order valence-corrected chi connectivity index (χ4v) is 5.24. The first-order valence-corrected chi connectivity index (χ1v) is 13.3. The molecule has 2 aliphatic heterocycles. The second-order valence-electron chi connectivity index (χ2n) is 10.9. The van der Waals surface area contributed by atoms with Crippen molar-refractivity contribution in [2.45, 2.75) is 70.4 Å². The number of nitrogens with zero attached hydrogens (tertiary/aromatic N) is 3. The fraction of sp³-hybridized carbons (Fsp3) is 0.500. The van der Waals surface area contributed by atoms with Gasteiger partial charge in [0.15, 0.2) is 11.5 Å². The molecule has 0 spiro atoms. The van der Waals surface area contributed by atoms with Crippen molar-refractivity contribution in [3.05, 3.63) is 53.6 Å². The molecule has 0 bridgehead atoms. The lowest BCUT2D eigenvalue weighted by atomic mass is 10.1. The van der Waals surface area contributed by atoms with Gasteiger partial charge in [0, 0.05) is 25.1 Å². The minimum atomic E-state index is -0.732. The molecular weight excluding hydrogens is 498 g/mol. The summed E-state index contributed by atoms with van der Waals surface area (Å²) in [6.45, 7) is 6.91. The van der Waals surface area contributed by atoms with E-state index in [0.717, 1.165) is 12.0 Å². The maximum Gasteiger partial charge on any atom is 0.254 e. The number of ether oxygens (including phenoxy) is 4. The number of hydrogen-bond donors (Lipinski definition) is 0. The number of carbonyl (C=O) groups is 2. The summed E-state index contributed by atoms with van der Waals surface area (Å²) in [7, 11) is 3.01. The third-order valence-corrected chi connectivity index (χ3v) is 6.95. The van der Waals surface area contributed by atoms with E-state index in [2.05, 4.69) is 6.07 Å². The van der Waals surface area contributed by atoms with Crippen molar-refractivity contribution in [3.8, 4) is 23.3 Å². The van der Waals surface area contributed by atoms with Crippen molar-refractivity contribution in [1.29, 1.82) is 5.26 Å². The first kappa shape index (κ1) is 28.2. The van der Waals surface area contributed by atoms with E-state index in [-0.39, 0.29) is 24.5 Å². The van der Waals surface area contributed by atoms with Gasteiger partial charge in [0.25, 0.3) is 5.91 Å². The van der Waals surface area contributed by atoms with Crippen molar-refractivity contribution in [2.75, 3.05) is 27.3 Å². The molecule has 2 amide bonds. The Balaban J connectivity index is 1.63. The number of methoxy groups -OCH3 is 2. The predicted octanol–water partition coefficient (Wildman–Crippen LogP) is 4.20. The molecule has 0 aliphatic carbocycles. The molecule has 3 atom stereocenters. The molecule has 9 heteroatoms. The molecule has 0 radical (unpaired) electrons. The molecule has 2 heterocycles. The Morgan fingerprint density at radius 3 is 2.31 bits per heavy atom. The standard InChI is InChI=1S/C30H37N3O6/c1-30(2,3)39-23-16-24(29(35)32-13-9-12-22(32)17-31)33(18-23)28(34)21-14-25(36-4)27(26(15-21)37-5)38-19-20-10-7-6-8-11-20/h6-8,10-11,14-15,22-24H,9,12-13,16,18-19H2,1-5H3. The van der Waals surface area contributed by atoms with Gasteiger partial charge in [-0.25, -0.2) is 0 Å². The second kappa shape index (κ2) is 12.0. The van der Waals surface area contributed by atoms with Crippen LogP contribution in [0.2, 0.25) is 0 Å². The van der Waals surface area contributed by atoms with Crippen LogP contribution in [0.4, 0.5) is 0 Å². The van der Waals surface area contributed by atoms with Gasteiger partial charge in [0.1, 0.15) is 18.7 Å². The van der Waals surface area contributed by atoms with Crippen LogP contribution in [0.3, 0.4) is 0 Å². The summed E-state index contributed by atoms with van der Waals surface area (Å²) in [6.07, 6.45) is 1.46. The molecular formula is C30H37N3O6. The monoisotopic (exact) mass is 535 g/mol. The van der Waals surface area contributed by atoms with E-state index >= 15 is 0 Å². The van der Waals surface area contributed by atoms with Crippen LogP contribution in [0.15, 0.2) is 42.5 Å². The number of rotatable bonds is 8. The maximum absolute atomic E-state index is 13.9. The normalized spacial score (nSPS) is 21.0. The van der Waals surface area contributed by atoms with Crippen molar-refractivity contribution in [3.63, 3.8) is 0 Å². The molecule has 3 unspecified atom stereocenters. The lowest BCUT2D eigenvalue weighted by Crippen LogP contribution is -2.49. The first-order chi connectivity index (χ1) is 18.6. The molecule has 208 valence electrons. The van der Waals surface area contributed by atoms with Gasteiger partial charge in [-0.3, -0.25) is 9.59 Å². The van der Waals surface area contributed by atoms with E-state index in [1.165, 1.54) is 14.2 Å². The van der Waals surface area contributed by atoms with Crippen LogP contribution in [0.25, 0.3) is 0 Å². The highest BCUT2D eigenvalue weighted by Crippen LogP contribution is 2.40. The Kier molecular flexibility index (Phi) is 8.66. The summed E-state index contributed by atoms with van der Waals surface area (Å²) in [5.41, 5.74) is 0.843. The summed E-state index contributed by atoms with van der Waals surface area (Å²) >= 11 is 0. The molecule has 9 nitrogen and oxygen atoms in total. The summed E-state index contributed by atoms with van der Waals surface area (Å²) in [5, 5.41) is 9.56. The molecule has 2 fully saturated rings. The van der Waals surface area contributed by atoms with Gasteiger partial charge in [-0.05, 0) is 51.3 Å². The molecule has 2 saturated heterocycles. The Bertz CT molecular complexity index is 1190. The summed E-state index contributed by atoms with van der Waals surface area (Å²) in [6, 6.07) is 13.9. The van der Waals surface area contributed by atoms with Crippen molar-refractivity contribution in [2.24, 2.45) is 0 Å². The van der Waals surface area contributed by atoms with Gasteiger partial charge in [0.05, 0.1) is 32.0 Å². The van der Waals surface area contributed by atoms with Gasteiger partial charge in [-0.15, -0.1) is 0 Å². The highest BCUT2D eigenvalue weighted by atomic mass is 16.5. The van der Waals surface area contributed by atoms with E-state index in [9.17, 15) is 14.9 Å². The number of likely N-dealkylation sites (tertiary alicyclic amines) is 2. The van der Waals surface area contributed by atoms with Gasteiger partial charge < -0.3 is 28.7 Å². The highest BCUT2D eigenvalue weighted by Gasteiger charge is 2.45. The quantitative estimate of drug-likeness (QED) is 0.499. The molecule has 2 aliphatic rings. The molecule has 0 N–H and O–H groups in total. The van der Waals surface area contributed by atoms with Crippen molar-refractivity contribution in [1.82, 2.24) is 9.80 Å². The number of carbonyl (C=O) groups excluding carboxylic acids is 2. The van der Waals surface area contributed by atoms with Crippen LogP contribution in [-0.2, 0) is 16.1 Å². The molecule has 0 aromatic heterocycles. The van der Waals surface area contributed by atoms with Crippen LogP contribution in [0.5, 0.6) is 17.2 Å². The summed E-state index contributed by atoms with van der Waals surface area (Å²) in [4.78, 5) is 30.8. The van der Waals surface area contributed by atoms with E-state index in [1.54, 1.807) is 21.9 Å². The Morgan fingerprint density at radius 1 is 1.05 bits per heavy atom. The fourth-order valence-electron chi connectivity index (χ4n) is 5.24. The van der Waals surface area contributed by atoms with Crippen molar-refractivity contribution < 1.29 is 28.5 Å². The minimum Gasteiger partial charge on any atom is -0.493 e. The molecule has 2 aromatic carbocycles. The average Bonchev–Trinajstić information content (AvgIpc) is 3.57. The van der Waals surface area contributed by atoms with Crippen molar-refractivity contribution >= 4 is 11.8 Å². The third kappa shape index (κ3) is 6.45. The van der Waals surface area contributed by atoms with Crippen LogP contribution in [-0.4, -0.2) is 72.7 Å². The summed E-state index contributed by atoms with van der Waals surface area (Å²) in [5.74, 6) is 0.531. The predicted molar refractivity (Wildman–Crippen MR) is 145 cm³/mol. The first-order valence-electron chi connectivity index (χ1n) is 13.3. The maximum atomic E-state index is 13.9. The topological polar surface area (TPSA) is 101 Å². The zero-order chi connectivity index (χ0) is 28.2. The van der Waals surface area contributed by atoms with Gasteiger partial charge in [-0.1, -0.05) is 30.3 Å². The molecule has 39 heavy (non-hydrogen) atoms. The van der Waals surface area contributed by atoms with Crippen LogP contribution in [0.1, 0.15) is 56.0 Å². The Labute approximate surface area is 230 Å². The minimum absolute atomic E-state index is 0.214. The van der Waals surface area contributed by atoms with E-state index < -0.39 is 17.7 Å². The van der Waals surface area contributed by atoms with Crippen LogP contribution < -0.4 is 14.2 Å². The Morgan fingerprint density at radius 2 is 1.72 bits per heavy atom. The van der Waals surface area contributed by atoms with E-state index in [0.29, 0.717) is 48.8 Å². The largest absolute Gasteiger partial charge is 0.493 e. The lowest BCUT2D eigenvalue weighted by Gasteiger charge is -2.29. The zero-order valence-electron chi connectivity index (χ0n) is 23.3. The van der Waals surface area contributed by atoms with Crippen LogP contribution in [0, 0.1) is 11.3 Å². The average molecular weight is 536 g/mol. The SMILES string of the molecule is COc1cc(C(=O)N2CC(OC(C)(C)C)CC2C(=O)N2CCCC2C#N)cc(OC)c1OCc1ccccc1. The molecule has 4 rings (SSSR count). The van der Waals surface area contributed by atoms with E-state index in [4.69, 9.17) is 18.9 Å². The zero-order valence-corrected chi connectivity index (χ0v) is 23.3. The van der Waals surface area contributed by atoms with E-state index in [1.807, 2.05) is 51.1 Å². The number of benzene rings is 2. The molecule has 0 saturated carbocycles. The lowest BCUT2D eigenvalue weighted by molar-refractivity contribution is -0.135. The van der Waals surface area contributed by atoms with Gasteiger partial charge in [-0.2, -0.15) is 5.26 Å². The third-order valence-electron chi connectivity index (χ3n) is 6.95. The number of hydrogen-bond acceptors (Lipinski definition) is 7. The Hall–Kier alpha value is -3.77. The highest BCUT2D eigenvalue weighted by molar-refractivity contribution is 5.99. The van der Waals surface area contributed by atoms with Crippen LogP contribution >= 0.6 is 0 Å². The second-order valence-corrected chi connectivity index (χ2v) is 10.9. The number of amides is 2.